The molecular formula is C11H24NO2PS. The lowest BCUT2D eigenvalue weighted by Gasteiger charge is -2.27. The van der Waals surface area contributed by atoms with Crippen LogP contribution in [-0.4, -0.2) is 44.4 Å². The smallest absolute Gasteiger partial charge is 0.185 e. The largest absolute Gasteiger partial charge is 0.329 e. The molecule has 1 fully saturated rings. The van der Waals surface area contributed by atoms with Gasteiger partial charge >= 0.3 is 0 Å². The Labute approximate surface area is 105 Å². The first-order valence-electron chi connectivity index (χ1n) is 6.23. The number of nitrogens with zero attached hydrogens (tertiary/aromatic N) is 1. The van der Waals surface area contributed by atoms with Gasteiger partial charge in [0.1, 0.15) is 0 Å². The van der Waals surface area contributed by atoms with Crippen LogP contribution in [0.25, 0.3) is 0 Å². The predicted octanol–water partition coefficient (Wildman–Crippen LogP) is 2.85. The summed E-state index contributed by atoms with van der Waals surface area (Å²) in [6, 6.07) is 0. The lowest BCUT2D eigenvalue weighted by Crippen LogP contribution is -2.32. The second kappa shape index (κ2) is 7.78. The molecule has 1 unspecified atom stereocenters. The molecule has 1 atom stereocenters. The summed E-state index contributed by atoms with van der Waals surface area (Å²) < 4.78 is 11.2. The van der Waals surface area contributed by atoms with Crippen molar-refractivity contribution in [2.24, 2.45) is 0 Å². The number of hydrogen-bond donors (Lipinski definition) is 0. The van der Waals surface area contributed by atoms with Crippen molar-refractivity contribution in [3.63, 3.8) is 0 Å². The van der Waals surface area contributed by atoms with Crippen molar-refractivity contribution < 1.29 is 9.05 Å². The van der Waals surface area contributed by atoms with E-state index in [9.17, 15) is 0 Å². The van der Waals surface area contributed by atoms with Gasteiger partial charge in [-0.25, -0.2) is 0 Å². The van der Waals surface area contributed by atoms with Crippen molar-refractivity contribution in [2.45, 2.75) is 32.6 Å². The summed E-state index contributed by atoms with van der Waals surface area (Å²) in [7, 11) is 0. The van der Waals surface area contributed by atoms with Gasteiger partial charge < -0.3 is 13.9 Å². The van der Waals surface area contributed by atoms with Gasteiger partial charge in [-0.15, -0.1) is 0 Å². The van der Waals surface area contributed by atoms with Gasteiger partial charge in [0.15, 0.2) is 6.49 Å². The molecule has 0 radical (unpaired) electrons. The van der Waals surface area contributed by atoms with E-state index in [0.717, 1.165) is 26.2 Å². The number of piperidine rings is 1. The van der Waals surface area contributed by atoms with E-state index in [-0.39, 0.29) is 0 Å². The van der Waals surface area contributed by atoms with Crippen molar-refractivity contribution in [1.82, 2.24) is 4.90 Å². The van der Waals surface area contributed by atoms with E-state index < -0.39 is 6.49 Å². The highest BCUT2D eigenvalue weighted by Crippen LogP contribution is 2.44. The number of rotatable bonds is 7. The minimum absolute atomic E-state index is 0.720. The summed E-state index contributed by atoms with van der Waals surface area (Å²) in [5, 5.41) is 0. The second-order valence-electron chi connectivity index (χ2n) is 4.34. The Morgan fingerprint density at radius 3 is 2.38 bits per heavy atom. The Bertz CT molecular complexity index is 232. The van der Waals surface area contributed by atoms with E-state index in [0.29, 0.717) is 0 Å². The molecule has 1 saturated heterocycles. The van der Waals surface area contributed by atoms with Crippen LogP contribution in [0.3, 0.4) is 0 Å². The molecule has 1 aliphatic heterocycles. The molecule has 0 aromatic carbocycles. The number of likely N-dealkylation sites (tertiary alicyclic amines) is 1. The molecular weight excluding hydrogens is 241 g/mol. The average Bonchev–Trinajstić information content (AvgIpc) is 2.28. The molecule has 0 spiro atoms. The van der Waals surface area contributed by atoms with Crippen LogP contribution in [0.15, 0.2) is 0 Å². The van der Waals surface area contributed by atoms with E-state index in [1.54, 1.807) is 0 Å². The Kier molecular flexibility index (Phi) is 7.09. The van der Waals surface area contributed by atoms with Crippen molar-refractivity contribution >= 4 is 18.3 Å². The average molecular weight is 265 g/mol. The summed E-state index contributed by atoms with van der Waals surface area (Å²) >= 11 is 5.32. The zero-order valence-electron chi connectivity index (χ0n) is 10.5. The van der Waals surface area contributed by atoms with E-state index in [1.165, 1.54) is 32.4 Å². The zero-order chi connectivity index (χ0) is 11.9. The molecule has 1 aliphatic rings. The van der Waals surface area contributed by atoms with Gasteiger partial charge in [0.2, 0.25) is 0 Å². The summed E-state index contributed by atoms with van der Waals surface area (Å²) in [6.45, 7) is 6.91. The third-order valence-corrected chi connectivity index (χ3v) is 4.65. The molecule has 0 aliphatic carbocycles. The van der Waals surface area contributed by atoms with Gasteiger partial charge in [-0.05, 0) is 44.2 Å². The third-order valence-electron chi connectivity index (χ3n) is 2.71. The monoisotopic (exact) mass is 265 g/mol. The first-order chi connectivity index (χ1) is 7.64. The van der Waals surface area contributed by atoms with Gasteiger partial charge in [-0.1, -0.05) is 13.3 Å². The van der Waals surface area contributed by atoms with Gasteiger partial charge in [-0.2, -0.15) is 0 Å². The van der Waals surface area contributed by atoms with Gasteiger partial charge in [-0.3, -0.25) is 0 Å². The van der Waals surface area contributed by atoms with Crippen LogP contribution in [0.5, 0.6) is 0 Å². The lowest BCUT2D eigenvalue weighted by molar-refractivity contribution is 0.175. The zero-order valence-corrected chi connectivity index (χ0v) is 12.2. The number of hydrogen-bond acceptors (Lipinski definition) is 4. The second-order valence-corrected chi connectivity index (χ2v) is 8.39. The summed E-state index contributed by atoms with van der Waals surface area (Å²) in [6.07, 6.45) is 5.03. The minimum atomic E-state index is -1.97. The van der Waals surface area contributed by atoms with E-state index >= 15 is 0 Å². The maximum atomic E-state index is 5.70. The first-order valence-corrected chi connectivity index (χ1v) is 9.31. The fourth-order valence-electron chi connectivity index (χ4n) is 1.81. The highest BCUT2D eigenvalue weighted by Gasteiger charge is 2.13. The van der Waals surface area contributed by atoms with Crippen LogP contribution in [0.1, 0.15) is 32.6 Å². The van der Waals surface area contributed by atoms with Gasteiger partial charge in [0.05, 0.1) is 13.2 Å². The Balaban J connectivity index is 2.10. The Morgan fingerprint density at radius 2 is 1.75 bits per heavy atom. The van der Waals surface area contributed by atoms with Gasteiger partial charge in [0.25, 0.3) is 0 Å². The van der Waals surface area contributed by atoms with Crippen LogP contribution in [-0.2, 0) is 20.9 Å². The molecule has 0 bridgehead atoms. The molecule has 5 heteroatoms. The highest BCUT2D eigenvalue weighted by molar-refractivity contribution is 8.09. The molecule has 0 aromatic heterocycles. The summed E-state index contributed by atoms with van der Waals surface area (Å²) in [5.74, 6) is 0. The van der Waals surface area contributed by atoms with Crippen LogP contribution >= 0.6 is 6.49 Å². The summed E-state index contributed by atoms with van der Waals surface area (Å²) in [5.41, 5.74) is 0. The van der Waals surface area contributed by atoms with E-state index in [4.69, 9.17) is 20.9 Å². The van der Waals surface area contributed by atoms with E-state index in [2.05, 4.69) is 11.8 Å². The molecule has 0 amide bonds. The maximum Gasteiger partial charge on any atom is 0.185 e. The quantitative estimate of drug-likeness (QED) is 0.660. The molecule has 0 aromatic rings. The van der Waals surface area contributed by atoms with Crippen molar-refractivity contribution in [1.29, 1.82) is 0 Å². The van der Waals surface area contributed by atoms with E-state index in [1.807, 2.05) is 6.66 Å². The molecule has 0 saturated carbocycles. The standard InChI is InChI=1S/C11H24NO2PS/c1-3-10-13-15(2,16)14-11-9-12-7-5-4-6-8-12/h3-11H2,1-2H3. The van der Waals surface area contributed by atoms with Crippen molar-refractivity contribution in [2.75, 3.05) is 39.5 Å². The third kappa shape index (κ3) is 6.31. The molecule has 1 rings (SSSR count). The van der Waals surface area contributed by atoms with Crippen LogP contribution in [0.2, 0.25) is 0 Å². The SMILES string of the molecule is CCCOP(C)(=S)OCCN1CCCCC1. The summed E-state index contributed by atoms with van der Waals surface area (Å²) in [4.78, 5) is 2.46. The van der Waals surface area contributed by atoms with Crippen LogP contribution in [0.4, 0.5) is 0 Å². The van der Waals surface area contributed by atoms with Crippen LogP contribution < -0.4 is 0 Å². The Morgan fingerprint density at radius 1 is 1.12 bits per heavy atom. The fourth-order valence-corrected chi connectivity index (χ4v) is 3.26. The molecule has 96 valence electrons. The maximum absolute atomic E-state index is 5.70. The van der Waals surface area contributed by atoms with Crippen LogP contribution in [0, 0.1) is 0 Å². The highest BCUT2D eigenvalue weighted by atomic mass is 32.5. The molecule has 16 heavy (non-hydrogen) atoms. The van der Waals surface area contributed by atoms with Crippen molar-refractivity contribution in [3.8, 4) is 0 Å². The topological polar surface area (TPSA) is 21.7 Å². The van der Waals surface area contributed by atoms with Crippen molar-refractivity contribution in [3.05, 3.63) is 0 Å². The fraction of sp³-hybridized carbons (Fsp3) is 1.00. The molecule has 1 heterocycles. The Hall–Kier alpha value is 0.530. The predicted molar refractivity (Wildman–Crippen MR) is 72.7 cm³/mol. The molecule has 0 N–H and O–H groups in total. The molecule has 3 nitrogen and oxygen atoms in total. The lowest BCUT2D eigenvalue weighted by atomic mass is 10.1. The normalized spacial score (nSPS) is 21.9. The minimum Gasteiger partial charge on any atom is -0.329 e. The van der Waals surface area contributed by atoms with Gasteiger partial charge in [0, 0.05) is 13.2 Å². The first kappa shape index (κ1) is 14.6.